The molecule has 0 spiro atoms. The van der Waals surface area contributed by atoms with Crippen LogP contribution >= 0.6 is 0 Å². The molecule has 0 unspecified atom stereocenters. The summed E-state index contributed by atoms with van der Waals surface area (Å²) in [6, 6.07) is 0. The summed E-state index contributed by atoms with van der Waals surface area (Å²) < 4.78 is 0. The third kappa shape index (κ3) is 1.22. The fraction of sp³-hybridized carbons (Fsp3) is 0.333. The number of rotatable bonds is 2. The van der Waals surface area contributed by atoms with Crippen molar-refractivity contribution in [2.45, 2.75) is 13.5 Å². The molecule has 0 aromatic carbocycles. The van der Waals surface area contributed by atoms with Crippen LogP contribution in [0.4, 0.5) is 0 Å². The zero-order valence-electron chi connectivity index (χ0n) is 6.09. The van der Waals surface area contributed by atoms with Gasteiger partial charge in [-0.1, -0.05) is 0 Å². The molecule has 1 aromatic heterocycles. The summed E-state index contributed by atoms with van der Waals surface area (Å²) in [6.07, 6.45) is 0. The summed E-state index contributed by atoms with van der Waals surface area (Å²) in [5.41, 5.74) is 6.20. The molecule has 1 amide bonds. The maximum Gasteiger partial charge on any atom is 0.252 e. The lowest BCUT2D eigenvalue weighted by Gasteiger charge is -1.93. The van der Waals surface area contributed by atoms with Crippen molar-refractivity contribution in [1.82, 2.24) is 10.2 Å². The Hall–Kier alpha value is -1.36. The average molecular weight is 155 g/mol. The molecule has 4 N–H and O–H groups in total. The van der Waals surface area contributed by atoms with Gasteiger partial charge in [0.2, 0.25) is 0 Å². The minimum Gasteiger partial charge on any atom is -0.390 e. The van der Waals surface area contributed by atoms with Gasteiger partial charge in [0.1, 0.15) is 5.69 Å². The first kappa shape index (κ1) is 7.74. The lowest BCUT2D eigenvalue weighted by molar-refractivity contribution is 0.0996. The number of aromatic nitrogens is 2. The molecule has 0 aliphatic rings. The Bertz CT molecular complexity index is 279. The van der Waals surface area contributed by atoms with Crippen LogP contribution in [-0.2, 0) is 6.61 Å². The highest BCUT2D eigenvalue weighted by atomic mass is 16.3. The Kier molecular flexibility index (Phi) is 1.91. The number of hydrogen-bond donors (Lipinski definition) is 3. The second-order valence-electron chi connectivity index (χ2n) is 2.19. The van der Waals surface area contributed by atoms with Gasteiger partial charge in [0.05, 0.1) is 12.2 Å². The normalized spacial score (nSPS) is 10.0. The highest BCUT2D eigenvalue weighted by Crippen LogP contribution is 2.08. The van der Waals surface area contributed by atoms with Gasteiger partial charge in [0.25, 0.3) is 5.91 Å². The van der Waals surface area contributed by atoms with Gasteiger partial charge in [0.15, 0.2) is 0 Å². The molecule has 0 bridgehead atoms. The molecule has 0 saturated carbocycles. The Morgan fingerprint density at radius 2 is 2.45 bits per heavy atom. The molecule has 0 saturated heterocycles. The summed E-state index contributed by atoms with van der Waals surface area (Å²) in [5.74, 6) is -0.569. The van der Waals surface area contributed by atoms with Crippen LogP contribution in [-0.4, -0.2) is 21.2 Å². The van der Waals surface area contributed by atoms with Crippen LogP contribution in [0.2, 0.25) is 0 Å². The Morgan fingerprint density at radius 3 is 2.82 bits per heavy atom. The van der Waals surface area contributed by atoms with Crippen molar-refractivity contribution in [2.24, 2.45) is 5.73 Å². The molecule has 0 fully saturated rings. The van der Waals surface area contributed by atoms with Crippen LogP contribution in [0.3, 0.4) is 0 Å². The van der Waals surface area contributed by atoms with Gasteiger partial charge in [-0.05, 0) is 6.92 Å². The number of H-pyrrole nitrogens is 1. The van der Waals surface area contributed by atoms with Gasteiger partial charge in [-0.25, -0.2) is 0 Å². The predicted octanol–water partition coefficient (Wildman–Crippen LogP) is -0.691. The van der Waals surface area contributed by atoms with Gasteiger partial charge in [0, 0.05) is 5.69 Å². The summed E-state index contributed by atoms with van der Waals surface area (Å²) in [4.78, 5) is 10.7. The highest BCUT2D eigenvalue weighted by molar-refractivity contribution is 5.94. The zero-order chi connectivity index (χ0) is 8.43. The lowest BCUT2D eigenvalue weighted by Crippen LogP contribution is -2.13. The van der Waals surface area contributed by atoms with Crippen LogP contribution in [0.5, 0.6) is 0 Å². The number of primary amides is 1. The second kappa shape index (κ2) is 2.71. The Morgan fingerprint density at radius 1 is 1.82 bits per heavy atom. The van der Waals surface area contributed by atoms with E-state index in [1.807, 2.05) is 0 Å². The largest absolute Gasteiger partial charge is 0.390 e. The van der Waals surface area contributed by atoms with E-state index in [0.29, 0.717) is 11.4 Å². The first-order valence-corrected chi connectivity index (χ1v) is 3.11. The van der Waals surface area contributed by atoms with Crippen molar-refractivity contribution in [3.05, 3.63) is 17.0 Å². The van der Waals surface area contributed by atoms with Crippen molar-refractivity contribution in [3.8, 4) is 0 Å². The first-order chi connectivity index (χ1) is 5.16. The Balaban J connectivity index is 3.17. The van der Waals surface area contributed by atoms with Crippen molar-refractivity contribution >= 4 is 5.91 Å². The first-order valence-electron chi connectivity index (χ1n) is 3.11. The molecule has 11 heavy (non-hydrogen) atoms. The third-order valence-corrected chi connectivity index (χ3v) is 1.42. The van der Waals surface area contributed by atoms with E-state index >= 15 is 0 Å². The topological polar surface area (TPSA) is 92.0 Å². The van der Waals surface area contributed by atoms with E-state index in [4.69, 9.17) is 10.8 Å². The predicted molar refractivity (Wildman–Crippen MR) is 37.8 cm³/mol. The van der Waals surface area contributed by atoms with Gasteiger partial charge >= 0.3 is 0 Å². The minimum absolute atomic E-state index is 0.275. The SMILES string of the molecule is Cc1[nH]nc(CO)c1C(N)=O. The van der Waals surface area contributed by atoms with E-state index in [1.165, 1.54) is 0 Å². The molecule has 0 radical (unpaired) electrons. The number of aryl methyl sites for hydroxylation is 1. The average Bonchev–Trinajstić information content (AvgIpc) is 2.30. The van der Waals surface area contributed by atoms with Gasteiger partial charge in [-0.3, -0.25) is 9.89 Å². The maximum absolute atomic E-state index is 10.7. The van der Waals surface area contributed by atoms with Crippen LogP contribution in [0, 0.1) is 6.92 Å². The second-order valence-corrected chi connectivity index (χ2v) is 2.19. The number of amides is 1. The fourth-order valence-electron chi connectivity index (χ4n) is 0.921. The summed E-state index contributed by atoms with van der Waals surface area (Å²) in [7, 11) is 0. The monoisotopic (exact) mass is 155 g/mol. The molecule has 1 aromatic rings. The molecule has 1 heterocycles. The molecule has 0 aliphatic carbocycles. The number of nitrogens with two attached hydrogens (primary N) is 1. The van der Waals surface area contributed by atoms with E-state index in [9.17, 15) is 4.79 Å². The minimum atomic E-state index is -0.569. The van der Waals surface area contributed by atoms with E-state index < -0.39 is 5.91 Å². The van der Waals surface area contributed by atoms with Gasteiger partial charge in [-0.2, -0.15) is 5.10 Å². The number of carbonyl (C=O) groups excluding carboxylic acids is 1. The van der Waals surface area contributed by atoms with Crippen molar-refractivity contribution in [2.75, 3.05) is 0 Å². The third-order valence-electron chi connectivity index (χ3n) is 1.42. The van der Waals surface area contributed by atoms with Crippen LogP contribution in [0.15, 0.2) is 0 Å². The van der Waals surface area contributed by atoms with Crippen molar-refractivity contribution < 1.29 is 9.90 Å². The van der Waals surface area contributed by atoms with E-state index in [1.54, 1.807) is 6.92 Å². The number of nitrogens with one attached hydrogen (secondary N) is 1. The van der Waals surface area contributed by atoms with Crippen LogP contribution in [0.25, 0.3) is 0 Å². The summed E-state index contributed by atoms with van der Waals surface area (Å²) in [6.45, 7) is 1.40. The lowest BCUT2D eigenvalue weighted by atomic mass is 10.2. The number of carbonyl (C=O) groups is 1. The van der Waals surface area contributed by atoms with Crippen LogP contribution in [0.1, 0.15) is 21.7 Å². The number of aliphatic hydroxyl groups excluding tert-OH is 1. The van der Waals surface area contributed by atoms with Gasteiger partial charge in [-0.15, -0.1) is 0 Å². The van der Waals surface area contributed by atoms with Crippen molar-refractivity contribution in [3.63, 3.8) is 0 Å². The fourth-order valence-corrected chi connectivity index (χ4v) is 0.921. The van der Waals surface area contributed by atoms with E-state index in [-0.39, 0.29) is 12.2 Å². The quantitative estimate of drug-likeness (QED) is 0.527. The van der Waals surface area contributed by atoms with E-state index in [2.05, 4.69) is 10.2 Å². The molecule has 60 valence electrons. The van der Waals surface area contributed by atoms with Crippen molar-refractivity contribution in [1.29, 1.82) is 0 Å². The zero-order valence-corrected chi connectivity index (χ0v) is 6.09. The standard InChI is InChI=1S/C6H9N3O2/c1-3-5(6(7)11)4(2-10)9-8-3/h10H,2H2,1H3,(H2,7,11)(H,8,9). The molecular formula is C6H9N3O2. The number of aliphatic hydroxyl groups is 1. The molecular weight excluding hydrogens is 146 g/mol. The number of aromatic amines is 1. The smallest absolute Gasteiger partial charge is 0.252 e. The summed E-state index contributed by atoms with van der Waals surface area (Å²) in [5, 5.41) is 14.9. The maximum atomic E-state index is 10.7. The van der Waals surface area contributed by atoms with Crippen LogP contribution < -0.4 is 5.73 Å². The molecule has 0 aliphatic heterocycles. The molecule has 0 atom stereocenters. The van der Waals surface area contributed by atoms with Gasteiger partial charge < -0.3 is 10.8 Å². The highest BCUT2D eigenvalue weighted by Gasteiger charge is 2.13. The van der Waals surface area contributed by atoms with E-state index in [0.717, 1.165) is 0 Å². The molecule has 5 nitrogen and oxygen atoms in total. The molecule has 5 heteroatoms. The number of nitrogens with zero attached hydrogens (tertiary/aromatic N) is 1. The Labute approximate surface area is 63.2 Å². The number of hydrogen-bond acceptors (Lipinski definition) is 3. The summed E-state index contributed by atoms with van der Waals surface area (Å²) >= 11 is 0. The molecule has 1 rings (SSSR count).